The Kier molecular flexibility index (Phi) is 3.07. The quantitative estimate of drug-likeness (QED) is 0.668. The topological polar surface area (TPSA) is 54.4 Å². The summed E-state index contributed by atoms with van der Waals surface area (Å²) >= 11 is 0. The van der Waals surface area contributed by atoms with Gasteiger partial charge in [0.2, 0.25) is 0 Å². The molecule has 0 amide bonds. The van der Waals surface area contributed by atoms with Crippen molar-refractivity contribution >= 4 is 11.8 Å². The molecule has 1 unspecified atom stereocenters. The summed E-state index contributed by atoms with van der Waals surface area (Å²) in [7, 11) is 0. The molecule has 3 nitrogen and oxygen atoms in total. The third-order valence-electron chi connectivity index (χ3n) is 2.85. The highest BCUT2D eigenvalue weighted by Crippen LogP contribution is 2.34. The lowest BCUT2D eigenvalue weighted by Crippen LogP contribution is -2.29. The van der Waals surface area contributed by atoms with Crippen LogP contribution in [0.1, 0.15) is 45.4 Å². The zero-order valence-electron chi connectivity index (χ0n) is 8.01. The molecule has 0 aromatic rings. The van der Waals surface area contributed by atoms with Crippen molar-refractivity contribution in [3.05, 3.63) is 0 Å². The van der Waals surface area contributed by atoms with Crippen LogP contribution >= 0.6 is 0 Å². The smallest absolute Gasteiger partial charge is 0.304 e. The highest BCUT2D eigenvalue weighted by atomic mass is 16.4. The van der Waals surface area contributed by atoms with E-state index in [2.05, 4.69) is 0 Å². The monoisotopic (exact) mass is 184 g/mol. The lowest BCUT2D eigenvalue weighted by Gasteiger charge is -2.23. The van der Waals surface area contributed by atoms with Crippen LogP contribution in [-0.4, -0.2) is 16.9 Å². The zero-order valence-corrected chi connectivity index (χ0v) is 8.01. The van der Waals surface area contributed by atoms with E-state index in [1.165, 1.54) is 0 Å². The van der Waals surface area contributed by atoms with Crippen LogP contribution in [0.2, 0.25) is 0 Å². The Bertz CT molecular complexity index is 222. The van der Waals surface area contributed by atoms with Gasteiger partial charge in [0.25, 0.3) is 0 Å². The number of aliphatic carboxylic acids is 1. The first kappa shape index (κ1) is 10.2. The second-order valence-electron chi connectivity index (χ2n) is 4.12. The van der Waals surface area contributed by atoms with Crippen LogP contribution in [-0.2, 0) is 9.59 Å². The molecule has 1 fully saturated rings. The van der Waals surface area contributed by atoms with Gasteiger partial charge in [-0.15, -0.1) is 0 Å². The van der Waals surface area contributed by atoms with E-state index in [-0.39, 0.29) is 12.2 Å². The average Bonchev–Trinajstić information content (AvgIpc) is 2.14. The Morgan fingerprint density at radius 1 is 1.46 bits per heavy atom. The molecule has 0 radical (unpaired) electrons. The molecule has 0 heterocycles. The Morgan fingerprint density at radius 2 is 2.15 bits per heavy atom. The van der Waals surface area contributed by atoms with Crippen LogP contribution in [0.5, 0.6) is 0 Å². The van der Waals surface area contributed by atoms with Crippen molar-refractivity contribution in [2.75, 3.05) is 0 Å². The van der Waals surface area contributed by atoms with Crippen molar-refractivity contribution in [1.82, 2.24) is 0 Å². The maximum Gasteiger partial charge on any atom is 0.304 e. The van der Waals surface area contributed by atoms with Gasteiger partial charge in [0.05, 0.1) is 6.42 Å². The minimum atomic E-state index is -0.863. The first-order valence-electron chi connectivity index (χ1n) is 4.80. The molecule has 1 aliphatic carbocycles. The molecular formula is C10H16O3. The van der Waals surface area contributed by atoms with Crippen LogP contribution in [0, 0.1) is 5.41 Å². The van der Waals surface area contributed by atoms with Crippen molar-refractivity contribution < 1.29 is 14.7 Å². The van der Waals surface area contributed by atoms with Crippen LogP contribution in [0.25, 0.3) is 0 Å². The van der Waals surface area contributed by atoms with Gasteiger partial charge in [0, 0.05) is 11.8 Å². The van der Waals surface area contributed by atoms with E-state index in [0.29, 0.717) is 6.42 Å². The highest BCUT2D eigenvalue weighted by Gasteiger charge is 2.35. The SMILES string of the molecule is CC1(CC(=O)O)CCCCCC1=O. The number of hydrogen-bond acceptors (Lipinski definition) is 2. The molecule has 0 aromatic heterocycles. The van der Waals surface area contributed by atoms with E-state index in [9.17, 15) is 9.59 Å². The minimum absolute atomic E-state index is 0.00810. The first-order valence-corrected chi connectivity index (χ1v) is 4.80. The summed E-state index contributed by atoms with van der Waals surface area (Å²) in [5.41, 5.74) is -0.595. The van der Waals surface area contributed by atoms with Crippen molar-refractivity contribution in [2.24, 2.45) is 5.41 Å². The summed E-state index contributed by atoms with van der Waals surface area (Å²) in [6.45, 7) is 1.79. The molecule has 1 aliphatic rings. The lowest BCUT2D eigenvalue weighted by atomic mass is 9.78. The molecule has 1 N–H and O–H groups in total. The summed E-state index contributed by atoms with van der Waals surface area (Å²) in [5, 5.41) is 8.69. The zero-order chi connectivity index (χ0) is 9.90. The van der Waals surface area contributed by atoms with Crippen LogP contribution < -0.4 is 0 Å². The third kappa shape index (κ3) is 2.54. The van der Waals surface area contributed by atoms with E-state index in [0.717, 1.165) is 25.7 Å². The summed E-state index contributed by atoms with van der Waals surface area (Å²) in [6, 6.07) is 0. The Morgan fingerprint density at radius 3 is 2.77 bits per heavy atom. The number of Topliss-reactive ketones (excluding diaryl/α,β-unsaturated/α-hetero) is 1. The lowest BCUT2D eigenvalue weighted by molar-refractivity contribution is -0.144. The van der Waals surface area contributed by atoms with Gasteiger partial charge in [-0.25, -0.2) is 0 Å². The van der Waals surface area contributed by atoms with Crippen molar-refractivity contribution in [2.45, 2.75) is 45.4 Å². The predicted molar refractivity (Wildman–Crippen MR) is 48.5 cm³/mol. The number of carboxylic acid groups (broad SMARTS) is 1. The Labute approximate surface area is 78.1 Å². The van der Waals surface area contributed by atoms with Crippen molar-refractivity contribution in [3.8, 4) is 0 Å². The molecule has 74 valence electrons. The minimum Gasteiger partial charge on any atom is -0.481 e. The molecule has 0 aromatic carbocycles. The van der Waals surface area contributed by atoms with E-state index in [1.807, 2.05) is 0 Å². The summed E-state index contributed by atoms with van der Waals surface area (Å²) in [6.07, 6.45) is 4.25. The summed E-state index contributed by atoms with van der Waals surface area (Å²) in [5.74, 6) is -0.731. The normalized spacial score (nSPS) is 29.8. The first-order chi connectivity index (χ1) is 6.04. The summed E-state index contributed by atoms with van der Waals surface area (Å²) < 4.78 is 0. The fourth-order valence-electron chi connectivity index (χ4n) is 1.94. The second kappa shape index (κ2) is 3.90. The molecule has 0 bridgehead atoms. The maximum atomic E-state index is 11.6. The van der Waals surface area contributed by atoms with E-state index in [1.54, 1.807) is 6.92 Å². The van der Waals surface area contributed by atoms with Crippen molar-refractivity contribution in [1.29, 1.82) is 0 Å². The number of carboxylic acids is 1. The van der Waals surface area contributed by atoms with Gasteiger partial charge >= 0.3 is 5.97 Å². The molecule has 3 heteroatoms. The highest BCUT2D eigenvalue weighted by molar-refractivity contribution is 5.88. The van der Waals surface area contributed by atoms with E-state index < -0.39 is 11.4 Å². The fraction of sp³-hybridized carbons (Fsp3) is 0.800. The van der Waals surface area contributed by atoms with Crippen LogP contribution in [0.15, 0.2) is 0 Å². The summed E-state index contributed by atoms with van der Waals surface area (Å²) in [4.78, 5) is 22.2. The number of rotatable bonds is 2. The molecule has 1 saturated carbocycles. The molecule has 0 saturated heterocycles. The predicted octanol–water partition coefficient (Wildman–Crippen LogP) is 2.00. The Balaban J connectivity index is 2.70. The number of carbonyl (C=O) groups is 2. The van der Waals surface area contributed by atoms with Gasteiger partial charge in [-0.1, -0.05) is 19.8 Å². The average molecular weight is 184 g/mol. The van der Waals surface area contributed by atoms with Gasteiger partial charge < -0.3 is 5.11 Å². The standard InChI is InChI=1S/C10H16O3/c1-10(7-9(12)13)6-4-2-3-5-8(10)11/h2-7H2,1H3,(H,12,13). The largest absolute Gasteiger partial charge is 0.481 e. The van der Waals surface area contributed by atoms with E-state index in [4.69, 9.17) is 5.11 Å². The van der Waals surface area contributed by atoms with Crippen LogP contribution in [0.3, 0.4) is 0 Å². The van der Waals surface area contributed by atoms with Crippen LogP contribution in [0.4, 0.5) is 0 Å². The fourth-order valence-corrected chi connectivity index (χ4v) is 1.94. The second-order valence-corrected chi connectivity index (χ2v) is 4.12. The third-order valence-corrected chi connectivity index (χ3v) is 2.85. The molecule has 13 heavy (non-hydrogen) atoms. The number of ketones is 1. The van der Waals surface area contributed by atoms with E-state index >= 15 is 0 Å². The number of hydrogen-bond donors (Lipinski definition) is 1. The van der Waals surface area contributed by atoms with Gasteiger partial charge in [0.1, 0.15) is 5.78 Å². The molecular weight excluding hydrogens is 168 g/mol. The van der Waals surface area contributed by atoms with Gasteiger partial charge in [-0.3, -0.25) is 9.59 Å². The molecule has 0 aliphatic heterocycles. The van der Waals surface area contributed by atoms with Gasteiger partial charge in [0.15, 0.2) is 0 Å². The van der Waals surface area contributed by atoms with Gasteiger partial charge in [-0.2, -0.15) is 0 Å². The van der Waals surface area contributed by atoms with Crippen molar-refractivity contribution in [3.63, 3.8) is 0 Å². The maximum absolute atomic E-state index is 11.6. The molecule has 1 atom stereocenters. The number of carbonyl (C=O) groups excluding carboxylic acids is 1. The molecule has 1 rings (SSSR count). The Hall–Kier alpha value is -0.860. The van der Waals surface area contributed by atoms with Gasteiger partial charge in [-0.05, 0) is 12.8 Å². The molecule has 0 spiro atoms.